The molecule has 0 spiro atoms. The van der Waals surface area contributed by atoms with Crippen LogP contribution < -0.4 is 15.4 Å². The largest absolute Gasteiger partial charge is 0.504 e. The van der Waals surface area contributed by atoms with Crippen molar-refractivity contribution in [3.05, 3.63) is 66.4 Å². The average molecular weight is 447 g/mol. The van der Waals surface area contributed by atoms with E-state index >= 15 is 0 Å². The molecular formula is C22H17N5O4S. The molecule has 0 saturated carbocycles. The van der Waals surface area contributed by atoms with Crippen LogP contribution in [-0.4, -0.2) is 43.4 Å². The lowest BCUT2D eigenvalue weighted by molar-refractivity contribution is 0.0698. The lowest BCUT2D eigenvalue weighted by Crippen LogP contribution is -2.21. The van der Waals surface area contributed by atoms with Crippen molar-refractivity contribution < 1.29 is 19.7 Å². The molecule has 0 fully saturated rings. The molecule has 0 radical (unpaired) electrons. The Balaban J connectivity index is 1.58. The number of aromatic carboxylic acids is 1. The lowest BCUT2D eigenvalue weighted by Gasteiger charge is -2.12. The Bertz CT molecular complexity index is 1350. The number of nitrogens with zero attached hydrogens (tertiary/aromatic N) is 3. The first-order chi connectivity index (χ1) is 15.4. The fourth-order valence-corrected chi connectivity index (χ4v) is 3.22. The summed E-state index contributed by atoms with van der Waals surface area (Å²) in [5.74, 6) is -0.350. The van der Waals surface area contributed by atoms with Gasteiger partial charge in [0.1, 0.15) is 5.52 Å². The summed E-state index contributed by atoms with van der Waals surface area (Å²) in [5.41, 5.74) is 2.78. The highest BCUT2D eigenvalue weighted by molar-refractivity contribution is 7.80. The second-order valence-corrected chi connectivity index (χ2v) is 7.02. The number of thiocarbonyl (C=S) groups is 1. The van der Waals surface area contributed by atoms with E-state index in [1.807, 2.05) is 0 Å². The number of pyridine rings is 1. The first kappa shape index (κ1) is 20.9. The molecule has 0 unspecified atom stereocenters. The van der Waals surface area contributed by atoms with E-state index in [9.17, 15) is 15.0 Å². The molecule has 10 heteroatoms. The quantitative estimate of drug-likeness (QED) is 0.334. The standard InChI is InChI=1S/C22H17N5O4S/c1-31-18-10-12(6-9-17(18)28)14-7-8-16-20(24-14)26-19(11-23-16)27-22(32)25-15-5-3-2-4-13(15)21(29)30/h2-11,28H,1H3,(H,29,30)(H2,24,25,26,27,32). The molecule has 0 atom stereocenters. The molecule has 160 valence electrons. The molecule has 0 aliphatic rings. The summed E-state index contributed by atoms with van der Waals surface area (Å²) in [4.78, 5) is 24.7. The number of benzene rings is 2. The van der Waals surface area contributed by atoms with Crippen LogP contribution in [0.4, 0.5) is 11.5 Å². The minimum atomic E-state index is -1.07. The number of carboxylic acid groups (broad SMARTS) is 1. The maximum Gasteiger partial charge on any atom is 0.337 e. The molecule has 4 aromatic rings. The number of hydrogen-bond acceptors (Lipinski definition) is 7. The molecule has 4 rings (SSSR count). The van der Waals surface area contributed by atoms with Gasteiger partial charge in [0.05, 0.1) is 30.3 Å². The zero-order valence-electron chi connectivity index (χ0n) is 16.7. The molecule has 9 nitrogen and oxygen atoms in total. The zero-order chi connectivity index (χ0) is 22.7. The third-order valence-electron chi connectivity index (χ3n) is 4.53. The Morgan fingerprint density at radius 1 is 1.06 bits per heavy atom. The number of hydrogen-bond donors (Lipinski definition) is 4. The zero-order valence-corrected chi connectivity index (χ0v) is 17.6. The van der Waals surface area contributed by atoms with Crippen LogP contribution >= 0.6 is 12.2 Å². The number of fused-ring (bicyclic) bond motifs is 1. The van der Waals surface area contributed by atoms with Gasteiger partial charge in [0.25, 0.3) is 0 Å². The summed E-state index contributed by atoms with van der Waals surface area (Å²) in [6, 6.07) is 14.9. The van der Waals surface area contributed by atoms with E-state index in [1.54, 1.807) is 42.5 Å². The maximum atomic E-state index is 11.4. The molecule has 4 N–H and O–H groups in total. The predicted molar refractivity (Wildman–Crippen MR) is 124 cm³/mol. The number of carboxylic acids is 1. The monoisotopic (exact) mass is 447 g/mol. The molecule has 0 bridgehead atoms. The van der Waals surface area contributed by atoms with Crippen LogP contribution in [0.5, 0.6) is 11.5 Å². The Labute approximate surface area is 187 Å². The second-order valence-electron chi connectivity index (χ2n) is 6.61. The Hall–Kier alpha value is -4.31. The first-order valence-electron chi connectivity index (χ1n) is 9.36. The number of para-hydroxylation sites is 1. The second kappa shape index (κ2) is 8.82. The summed E-state index contributed by atoms with van der Waals surface area (Å²) >= 11 is 5.29. The van der Waals surface area contributed by atoms with E-state index in [4.69, 9.17) is 17.0 Å². The summed E-state index contributed by atoms with van der Waals surface area (Å²) in [5, 5.41) is 25.0. The average Bonchev–Trinajstić information content (AvgIpc) is 2.79. The van der Waals surface area contributed by atoms with Gasteiger partial charge in [0.15, 0.2) is 28.1 Å². The number of phenols is 1. The minimum Gasteiger partial charge on any atom is -0.504 e. The van der Waals surface area contributed by atoms with Gasteiger partial charge < -0.3 is 25.6 Å². The highest BCUT2D eigenvalue weighted by Crippen LogP contribution is 2.31. The van der Waals surface area contributed by atoms with Crippen LogP contribution in [0.25, 0.3) is 22.4 Å². The topological polar surface area (TPSA) is 129 Å². The molecular weight excluding hydrogens is 430 g/mol. The number of anilines is 2. The van der Waals surface area contributed by atoms with E-state index in [0.29, 0.717) is 34.1 Å². The van der Waals surface area contributed by atoms with Gasteiger partial charge in [-0.25, -0.2) is 19.7 Å². The smallest absolute Gasteiger partial charge is 0.337 e. The van der Waals surface area contributed by atoms with Gasteiger partial charge >= 0.3 is 5.97 Å². The number of methoxy groups -OCH3 is 1. The molecule has 0 aliphatic heterocycles. The van der Waals surface area contributed by atoms with E-state index in [0.717, 1.165) is 5.56 Å². The fraction of sp³-hybridized carbons (Fsp3) is 0.0455. The third kappa shape index (κ3) is 4.40. The molecule has 0 saturated heterocycles. The van der Waals surface area contributed by atoms with E-state index < -0.39 is 5.97 Å². The van der Waals surface area contributed by atoms with Gasteiger partial charge in [0, 0.05) is 5.56 Å². The summed E-state index contributed by atoms with van der Waals surface area (Å²) < 4.78 is 5.16. The Kier molecular flexibility index (Phi) is 5.77. The van der Waals surface area contributed by atoms with Crippen molar-refractivity contribution in [2.24, 2.45) is 0 Å². The SMILES string of the molecule is COc1cc(-c2ccc3ncc(NC(=S)Nc4ccccc4C(=O)O)nc3n2)ccc1O. The van der Waals surface area contributed by atoms with Crippen LogP contribution in [0, 0.1) is 0 Å². The maximum absolute atomic E-state index is 11.4. The highest BCUT2D eigenvalue weighted by Gasteiger charge is 2.12. The van der Waals surface area contributed by atoms with Crippen molar-refractivity contribution in [2.75, 3.05) is 17.7 Å². The number of ether oxygens (including phenoxy) is 1. The van der Waals surface area contributed by atoms with Crippen molar-refractivity contribution in [3.8, 4) is 22.8 Å². The fourth-order valence-electron chi connectivity index (χ4n) is 3.00. The molecule has 0 aliphatic carbocycles. The molecule has 0 amide bonds. The van der Waals surface area contributed by atoms with Gasteiger partial charge in [0.2, 0.25) is 0 Å². The van der Waals surface area contributed by atoms with Crippen molar-refractivity contribution in [3.63, 3.8) is 0 Å². The van der Waals surface area contributed by atoms with Gasteiger partial charge in [-0.3, -0.25) is 0 Å². The van der Waals surface area contributed by atoms with Crippen molar-refractivity contribution >= 4 is 46.0 Å². The highest BCUT2D eigenvalue weighted by atomic mass is 32.1. The molecule has 32 heavy (non-hydrogen) atoms. The number of phenolic OH excluding ortho intramolecular Hbond substituents is 1. The van der Waals surface area contributed by atoms with Crippen molar-refractivity contribution in [1.29, 1.82) is 0 Å². The Morgan fingerprint density at radius 2 is 1.88 bits per heavy atom. The van der Waals surface area contributed by atoms with Crippen molar-refractivity contribution in [1.82, 2.24) is 15.0 Å². The van der Waals surface area contributed by atoms with Crippen LogP contribution in [0.1, 0.15) is 10.4 Å². The van der Waals surface area contributed by atoms with Gasteiger partial charge in [-0.2, -0.15) is 0 Å². The Morgan fingerprint density at radius 3 is 2.66 bits per heavy atom. The summed E-state index contributed by atoms with van der Waals surface area (Å²) in [6.45, 7) is 0. The molecule has 2 heterocycles. The van der Waals surface area contributed by atoms with Crippen LogP contribution in [-0.2, 0) is 0 Å². The third-order valence-corrected chi connectivity index (χ3v) is 4.73. The molecule has 2 aromatic carbocycles. The van der Waals surface area contributed by atoms with Crippen LogP contribution in [0.2, 0.25) is 0 Å². The van der Waals surface area contributed by atoms with E-state index in [1.165, 1.54) is 25.4 Å². The first-order valence-corrected chi connectivity index (χ1v) is 9.77. The predicted octanol–water partition coefficient (Wildman–Crippen LogP) is 3.91. The van der Waals surface area contributed by atoms with Crippen LogP contribution in [0.15, 0.2) is 60.8 Å². The number of rotatable bonds is 5. The van der Waals surface area contributed by atoms with Gasteiger partial charge in [-0.15, -0.1) is 0 Å². The summed E-state index contributed by atoms with van der Waals surface area (Å²) in [7, 11) is 1.47. The summed E-state index contributed by atoms with van der Waals surface area (Å²) in [6.07, 6.45) is 1.50. The number of carbonyl (C=O) groups is 1. The molecule has 2 aromatic heterocycles. The number of aromatic hydroxyl groups is 1. The van der Waals surface area contributed by atoms with Gasteiger partial charge in [-0.05, 0) is 54.7 Å². The van der Waals surface area contributed by atoms with Gasteiger partial charge in [-0.1, -0.05) is 12.1 Å². The number of nitrogens with one attached hydrogen (secondary N) is 2. The normalized spacial score (nSPS) is 10.5. The van der Waals surface area contributed by atoms with E-state index in [2.05, 4.69) is 25.6 Å². The van der Waals surface area contributed by atoms with Crippen molar-refractivity contribution in [2.45, 2.75) is 0 Å². The number of aromatic nitrogens is 3. The van der Waals surface area contributed by atoms with Crippen LogP contribution in [0.3, 0.4) is 0 Å². The lowest BCUT2D eigenvalue weighted by atomic mass is 10.1. The van der Waals surface area contributed by atoms with E-state index in [-0.39, 0.29) is 16.4 Å². The minimum absolute atomic E-state index is 0.0359.